The standard InChI is InChI=1S/C9H16N2S/c1-4-9(2,3)11-5-6-12-8(10)7-11/h5-7H,4,10H2,1-3H3. The highest BCUT2D eigenvalue weighted by Gasteiger charge is 2.21. The van der Waals surface area contributed by atoms with Crippen LogP contribution in [0.15, 0.2) is 22.8 Å². The van der Waals surface area contributed by atoms with Crippen LogP contribution in [-0.4, -0.2) is 10.4 Å². The molecule has 0 atom stereocenters. The molecule has 1 heterocycles. The van der Waals surface area contributed by atoms with Gasteiger partial charge in [-0.15, -0.1) is 0 Å². The molecule has 1 rings (SSSR count). The van der Waals surface area contributed by atoms with Gasteiger partial charge in [0.2, 0.25) is 0 Å². The summed E-state index contributed by atoms with van der Waals surface area (Å²) in [6, 6.07) is 0. The molecule has 2 N–H and O–H groups in total. The molecule has 1 aliphatic rings. The van der Waals surface area contributed by atoms with Crippen molar-refractivity contribution in [3.8, 4) is 0 Å². The van der Waals surface area contributed by atoms with E-state index in [0.717, 1.165) is 11.4 Å². The summed E-state index contributed by atoms with van der Waals surface area (Å²) < 4.78 is 0. The summed E-state index contributed by atoms with van der Waals surface area (Å²) in [5, 5.41) is 2.88. The van der Waals surface area contributed by atoms with Crippen LogP contribution < -0.4 is 5.73 Å². The van der Waals surface area contributed by atoms with Crippen molar-refractivity contribution in [1.82, 2.24) is 4.90 Å². The number of hydrogen-bond donors (Lipinski definition) is 1. The fourth-order valence-corrected chi connectivity index (χ4v) is 1.47. The third-order valence-electron chi connectivity index (χ3n) is 2.26. The molecule has 0 saturated heterocycles. The van der Waals surface area contributed by atoms with E-state index in [4.69, 9.17) is 5.73 Å². The van der Waals surface area contributed by atoms with Crippen LogP contribution in [0.5, 0.6) is 0 Å². The van der Waals surface area contributed by atoms with Crippen molar-refractivity contribution in [1.29, 1.82) is 0 Å². The maximum absolute atomic E-state index is 5.71. The van der Waals surface area contributed by atoms with Crippen molar-refractivity contribution in [3.63, 3.8) is 0 Å². The molecule has 0 saturated carbocycles. The van der Waals surface area contributed by atoms with Crippen LogP contribution in [0.4, 0.5) is 0 Å². The Labute approximate surface area is 78.5 Å². The summed E-state index contributed by atoms with van der Waals surface area (Å²) in [7, 11) is 0. The van der Waals surface area contributed by atoms with Crippen molar-refractivity contribution >= 4 is 11.8 Å². The van der Waals surface area contributed by atoms with Gasteiger partial charge in [0.25, 0.3) is 0 Å². The van der Waals surface area contributed by atoms with Crippen LogP contribution in [0.2, 0.25) is 0 Å². The molecule has 12 heavy (non-hydrogen) atoms. The third kappa shape index (κ3) is 1.97. The zero-order valence-electron chi connectivity index (χ0n) is 7.87. The molecule has 0 fully saturated rings. The first-order chi connectivity index (χ1) is 5.56. The quantitative estimate of drug-likeness (QED) is 0.714. The number of rotatable bonds is 2. The van der Waals surface area contributed by atoms with Gasteiger partial charge in [-0.3, -0.25) is 0 Å². The number of nitrogens with zero attached hydrogens (tertiary/aromatic N) is 1. The molecule has 0 aromatic heterocycles. The zero-order valence-corrected chi connectivity index (χ0v) is 8.69. The van der Waals surface area contributed by atoms with Gasteiger partial charge < -0.3 is 10.6 Å². The predicted octanol–water partition coefficient (Wildman–Crippen LogP) is 2.45. The van der Waals surface area contributed by atoms with Crippen LogP contribution in [-0.2, 0) is 0 Å². The minimum Gasteiger partial charge on any atom is -0.392 e. The van der Waals surface area contributed by atoms with Gasteiger partial charge in [-0.05, 0) is 25.7 Å². The van der Waals surface area contributed by atoms with Crippen molar-refractivity contribution in [2.24, 2.45) is 5.73 Å². The van der Waals surface area contributed by atoms with Gasteiger partial charge in [-0.25, -0.2) is 0 Å². The molecule has 68 valence electrons. The lowest BCUT2D eigenvalue weighted by atomic mass is 10.0. The Morgan fingerprint density at radius 2 is 2.25 bits per heavy atom. The lowest BCUT2D eigenvalue weighted by Gasteiger charge is -2.36. The van der Waals surface area contributed by atoms with Gasteiger partial charge in [-0.2, -0.15) is 0 Å². The van der Waals surface area contributed by atoms with Crippen LogP contribution >= 0.6 is 11.8 Å². The Morgan fingerprint density at radius 1 is 1.58 bits per heavy atom. The van der Waals surface area contributed by atoms with E-state index in [0.29, 0.717) is 0 Å². The van der Waals surface area contributed by atoms with Gasteiger partial charge in [0, 0.05) is 17.9 Å². The zero-order chi connectivity index (χ0) is 9.19. The molecule has 0 bridgehead atoms. The van der Waals surface area contributed by atoms with Crippen LogP contribution in [0, 0.1) is 0 Å². The van der Waals surface area contributed by atoms with E-state index in [1.54, 1.807) is 11.8 Å². The predicted molar refractivity (Wildman–Crippen MR) is 55.2 cm³/mol. The van der Waals surface area contributed by atoms with Crippen LogP contribution in [0.1, 0.15) is 27.2 Å². The minimum atomic E-state index is 0.169. The molecule has 0 aliphatic carbocycles. The first kappa shape index (κ1) is 9.52. The SMILES string of the molecule is CCC(C)(C)N1C=CSC(N)=C1. The van der Waals surface area contributed by atoms with Crippen molar-refractivity contribution in [2.45, 2.75) is 32.7 Å². The Hall–Kier alpha value is -0.570. The summed E-state index contributed by atoms with van der Waals surface area (Å²) in [6.07, 6.45) is 5.17. The largest absolute Gasteiger partial charge is 0.392 e. The third-order valence-corrected chi connectivity index (χ3v) is 2.89. The van der Waals surface area contributed by atoms with Gasteiger partial charge in [-0.1, -0.05) is 18.7 Å². The highest BCUT2D eigenvalue weighted by molar-refractivity contribution is 8.05. The number of hydrogen-bond acceptors (Lipinski definition) is 3. The second-order valence-corrected chi connectivity index (χ2v) is 4.49. The Morgan fingerprint density at radius 3 is 2.75 bits per heavy atom. The summed E-state index contributed by atoms with van der Waals surface area (Å²) in [5.74, 6) is 0. The lowest BCUT2D eigenvalue weighted by Crippen LogP contribution is -2.36. The molecule has 0 radical (unpaired) electrons. The Balaban J connectivity index is 2.75. The topological polar surface area (TPSA) is 29.3 Å². The molecule has 3 heteroatoms. The van der Waals surface area contributed by atoms with E-state index in [1.807, 2.05) is 11.6 Å². The van der Waals surface area contributed by atoms with E-state index < -0.39 is 0 Å². The second kappa shape index (κ2) is 3.44. The van der Waals surface area contributed by atoms with Crippen molar-refractivity contribution in [2.75, 3.05) is 0 Å². The van der Waals surface area contributed by atoms with Gasteiger partial charge >= 0.3 is 0 Å². The summed E-state index contributed by atoms with van der Waals surface area (Å²) in [6.45, 7) is 6.59. The fraction of sp³-hybridized carbons (Fsp3) is 0.556. The van der Waals surface area contributed by atoms with E-state index in [-0.39, 0.29) is 5.54 Å². The molecule has 0 spiro atoms. The van der Waals surface area contributed by atoms with Gasteiger partial charge in [0.15, 0.2) is 0 Å². The smallest absolute Gasteiger partial charge is 0.0863 e. The lowest BCUT2D eigenvalue weighted by molar-refractivity contribution is 0.244. The summed E-state index contributed by atoms with van der Waals surface area (Å²) in [5.41, 5.74) is 5.88. The highest BCUT2D eigenvalue weighted by Crippen LogP contribution is 2.26. The van der Waals surface area contributed by atoms with Crippen LogP contribution in [0.25, 0.3) is 0 Å². The van der Waals surface area contributed by atoms with Gasteiger partial charge in [0.1, 0.15) is 0 Å². The average molecular weight is 184 g/mol. The maximum atomic E-state index is 5.71. The molecule has 0 aromatic carbocycles. The maximum Gasteiger partial charge on any atom is 0.0863 e. The Kier molecular flexibility index (Phi) is 2.73. The molecular weight excluding hydrogens is 168 g/mol. The van der Waals surface area contributed by atoms with Crippen molar-refractivity contribution < 1.29 is 0 Å². The fourth-order valence-electron chi connectivity index (χ4n) is 0.944. The highest BCUT2D eigenvalue weighted by atomic mass is 32.2. The van der Waals surface area contributed by atoms with E-state index in [2.05, 4.69) is 31.9 Å². The van der Waals surface area contributed by atoms with E-state index >= 15 is 0 Å². The van der Waals surface area contributed by atoms with E-state index in [9.17, 15) is 0 Å². The second-order valence-electron chi connectivity index (χ2n) is 3.51. The number of thioether (sulfide) groups is 1. The van der Waals surface area contributed by atoms with Crippen LogP contribution in [0.3, 0.4) is 0 Å². The Bertz CT molecular complexity index is 219. The monoisotopic (exact) mass is 184 g/mol. The summed E-state index contributed by atoms with van der Waals surface area (Å²) >= 11 is 1.57. The first-order valence-electron chi connectivity index (χ1n) is 4.15. The molecule has 0 amide bonds. The molecule has 0 unspecified atom stereocenters. The molecule has 2 nitrogen and oxygen atoms in total. The average Bonchev–Trinajstić information content (AvgIpc) is 2.05. The molecule has 0 aromatic rings. The van der Waals surface area contributed by atoms with Gasteiger partial charge in [0.05, 0.1) is 5.03 Å². The van der Waals surface area contributed by atoms with E-state index in [1.165, 1.54) is 0 Å². The number of nitrogens with two attached hydrogens (primary N) is 1. The molecular formula is C9H16N2S. The van der Waals surface area contributed by atoms with Crippen molar-refractivity contribution in [3.05, 3.63) is 22.8 Å². The first-order valence-corrected chi connectivity index (χ1v) is 5.03. The normalized spacial score (nSPS) is 17.9. The summed E-state index contributed by atoms with van der Waals surface area (Å²) in [4.78, 5) is 2.17. The molecule has 1 aliphatic heterocycles. The minimum absolute atomic E-state index is 0.169.